The van der Waals surface area contributed by atoms with Crippen LogP contribution in [-0.2, 0) is 9.84 Å². The molecule has 0 unspecified atom stereocenters. The minimum atomic E-state index is -3.73. The maximum atomic E-state index is 13.5. The Hall–Kier alpha value is -2.71. The maximum Gasteiger partial charge on any atom is 0.208 e. The Morgan fingerprint density at radius 1 is 1.07 bits per heavy atom. The van der Waals surface area contributed by atoms with E-state index >= 15 is 0 Å². The second-order valence-electron chi connectivity index (χ2n) is 7.65. The number of anilines is 1. The summed E-state index contributed by atoms with van der Waals surface area (Å²) >= 11 is 0. The minimum Gasteiger partial charge on any atom is -0.497 e. The molecule has 0 bridgehead atoms. The number of aromatic amines is 1. The van der Waals surface area contributed by atoms with Gasteiger partial charge in [-0.2, -0.15) is 0 Å². The molecule has 160 valence electrons. The SMILES string of the molecule is COc1ccc2[nH]cc(S(=O)(=O)c3ccc(OC)c(NC4CCN(C)CC4)c3)c2c1. The van der Waals surface area contributed by atoms with Crippen molar-refractivity contribution in [1.82, 2.24) is 9.88 Å². The highest BCUT2D eigenvalue weighted by Gasteiger charge is 2.24. The van der Waals surface area contributed by atoms with Gasteiger partial charge in [-0.05, 0) is 69.4 Å². The normalized spacial score (nSPS) is 16.0. The quantitative estimate of drug-likeness (QED) is 0.624. The van der Waals surface area contributed by atoms with Gasteiger partial charge in [0.1, 0.15) is 11.5 Å². The molecular formula is C22H27N3O4S. The maximum absolute atomic E-state index is 13.5. The zero-order valence-corrected chi connectivity index (χ0v) is 18.3. The van der Waals surface area contributed by atoms with E-state index in [1.807, 2.05) is 6.07 Å². The largest absolute Gasteiger partial charge is 0.497 e. The Balaban J connectivity index is 1.71. The van der Waals surface area contributed by atoms with Crippen LogP contribution in [-0.4, -0.2) is 58.7 Å². The zero-order chi connectivity index (χ0) is 21.3. The van der Waals surface area contributed by atoms with E-state index in [1.165, 1.54) is 6.20 Å². The number of hydrogen-bond donors (Lipinski definition) is 2. The van der Waals surface area contributed by atoms with E-state index in [-0.39, 0.29) is 15.8 Å². The van der Waals surface area contributed by atoms with Gasteiger partial charge in [-0.25, -0.2) is 8.42 Å². The number of hydrogen-bond acceptors (Lipinski definition) is 6. The molecule has 0 spiro atoms. The van der Waals surface area contributed by atoms with Crippen molar-refractivity contribution in [2.45, 2.75) is 28.7 Å². The summed E-state index contributed by atoms with van der Waals surface area (Å²) in [5.74, 6) is 1.24. The van der Waals surface area contributed by atoms with Crippen molar-refractivity contribution in [1.29, 1.82) is 0 Å². The summed E-state index contributed by atoms with van der Waals surface area (Å²) in [6.07, 6.45) is 3.53. The molecule has 0 amide bonds. The first kappa shape index (κ1) is 20.6. The van der Waals surface area contributed by atoms with Gasteiger partial charge in [0.25, 0.3) is 0 Å². The number of ether oxygens (including phenoxy) is 2. The first-order chi connectivity index (χ1) is 14.4. The van der Waals surface area contributed by atoms with Gasteiger partial charge < -0.3 is 24.7 Å². The summed E-state index contributed by atoms with van der Waals surface area (Å²) < 4.78 is 37.7. The van der Waals surface area contributed by atoms with E-state index in [9.17, 15) is 8.42 Å². The summed E-state index contributed by atoms with van der Waals surface area (Å²) in [6.45, 7) is 2.02. The predicted octanol–water partition coefficient (Wildman–Crippen LogP) is 3.52. The van der Waals surface area contributed by atoms with Gasteiger partial charge in [0.05, 0.1) is 29.7 Å². The smallest absolute Gasteiger partial charge is 0.208 e. The third-order valence-electron chi connectivity index (χ3n) is 5.70. The fourth-order valence-electron chi connectivity index (χ4n) is 3.89. The molecule has 0 aliphatic carbocycles. The molecule has 30 heavy (non-hydrogen) atoms. The molecule has 2 N–H and O–H groups in total. The van der Waals surface area contributed by atoms with E-state index in [1.54, 1.807) is 44.6 Å². The van der Waals surface area contributed by atoms with E-state index in [0.29, 0.717) is 22.6 Å². The van der Waals surface area contributed by atoms with Crippen LogP contribution in [0, 0.1) is 0 Å². The lowest BCUT2D eigenvalue weighted by Gasteiger charge is -2.30. The number of nitrogens with zero attached hydrogens (tertiary/aromatic N) is 1. The summed E-state index contributed by atoms with van der Waals surface area (Å²) in [7, 11) is 1.53. The third kappa shape index (κ3) is 3.85. The second kappa shape index (κ2) is 8.20. The summed E-state index contributed by atoms with van der Waals surface area (Å²) in [5, 5.41) is 4.10. The summed E-state index contributed by atoms with van der Waals surface area (Å²) in [4.78, 5) is 5.79. The molecule has 1 aromatic heterocycles. The fourth-order valence-corrected chi connectivity index (χ4v) is 5.34. The molecule has 2 heterocycles. The number of methoxy groups -OCH3 is 2. The first-order valence-electron chi connectivity index (χ1n) is 9.95. The van der Waals surface area contributed by atoms with Crippen molar-refractivity contribution in [3.63, 3.8) is 0 Å². The van der Waals surface area contributed by atoms with Gasteiger partial charge in [0.15, 0.2) is 0 Å². The van der Waals surface area contributed by atoms with Gasteiger partial charge in [-0.15, -0.1) is 0 Å². The van der Waals surface area contributed by atoms with Crippen molar-refractivity contribution >= 4 is 26.4 Å². The molecule has 7 nitrogen and oxygen atoms in total. The lowest BCUT2D eigenvalue weighted by molar-refractivity contribution is 0.263. The lowest BCUT2D eigenvalue weighted by atomic mass is 10.1. The minimum absolute atomic E-state index is 0.224. The van der Waals surface area contributed by atoms with Crippen LogP contribution in [0.2, 0.25) is 0 Å². The van der Waals surface area contributed by atoms with Crippen molar-refractivity contribution in [3.05, 3.63) is 42.6 Å². The van der Waals surface area contributed by atoms with Crippen molar-refractivity contribution in [2.75, 3.05) is 39.7 Å². The second-order valence-corrected chi connectivity index (χ2v) is 9.57. The number of rotatable bonds is 6. The number of nitrogens with one attached hydrogen (secondary N) is 2. The number of H-pyrrole nitrogens is 1. The highest BCUT2D eigenvalue weighted by Crippen LogP contribution is 2.35. The van der Waals surface area contributed by atoms with E-state index in [0.717, 1.165) is 31.4 Å². The van der Waals surface area contributed by atoms with Crippen LogP contribution in [0.3, 0.4) is 0 Å². The third-order valence-corrected chi connectivity index (χ3v) is 7.49. The molecule has 1 aliphatic rings. The number of piperidine rings is 1. The molecule has 8 heteroatoms. The van der Waals surface area contributed by atoms with E-state index in [4.69, 9.17) is 9.47 Å². The van der Waals surface area contributed by atoms with E-state index < -0.39 is 9.84 Å². The summed E-state index contributed by atoms with van der Waals surface area (Å²) in [6, 6.07) is 10.6. The van der Waals surface area contributed by atoms with Crippen LogP contribution < -0.4 is 14.8 Å². The molecule has 0 radical (unpaired) electrons. The molecule has 3 aromatic rings. The van der Waals surface area contributed by atoms with Gasteiger partial charge in [-0.1, -0.05) is 0 Å². The van der Waals surface area contributed by atoms with Crippen LogP contribution in [0.25, 0.3) is 10.9 Å². The standard InChI is InChI=1S/C22H27N3O4S/c1-25-10-8-15(9-11-25)24-20-13-17(5-7-21(20)29-3)30(26,27)22-14-23-19-6-4-16(28-2)12-18(19)22/h4-7,12-15,23-24H,8-11H2,1-3H3. The number of likely N-dealkylation sites (tertiary alicyclic amines) is 1. The monoisotopic (exact) mass is 429 g/mol. The average molecular weight is 430 g/mol. The van der Waals surface area contributed by atoms with E-state index in [2.05, 4.69) is 22.2 Å². The van der Waals surface area contributed by atoms with Crippen LogP contribution in [0.5, 0.6) is 11.5 Å². The van der Waals surface area contributed by atoms with Gasteiger partial charge in [0, 0.05) is 23.1 Å². The first-order valence-corrected chi connectivity index (χ1v) is 11.4. The lowest BCUT2D eigenvalue weighted by Crippen LogP contribution is -2.36. The summed E-state index contributed by atoms with van der Waals surface area (Å²) in [5.41, 5.74) is 1.44. The molecule has 2 aromatic carbocycles. The molecule has 1 fully saturated rings. The van der Waals surface area contributed by atoms with Gasteiger partial charge >= 0.3 is 0 Å². The average Bonchev–Trinajstić information content (AvgIpc) is 3.19. The van der Waals surface area contributed by atoms with Crippen LogP contribution in [0.4, 0.5) is 5.69 Å². The predicted molar refractivity (Wildman–Crippen MR) is 117 cm³/mol. The molecule has 1 saturated heterocycles. The van der Waals surface area contributed by atoms with Crippen molar-refractivity contribution in [2.24, 2.45) is 0 Å². The molecular weight excluding hydrogens is 402 g/mol. The Bertz CT molecular complexity index is 1150. The molecule has 4 rings (SSSR count). The Morgan fingerprint density at radius 3 is 2.53 bits per heavy atom. The highest BCUT2D eigenvalue weighted by molar-refractivity contribution is 7.91. The fraction of sp³-hybridized carbons (Fsp3) is 0.364. The topological polar surface area (TPSA) is 83.7 Å². The highest BCUT2D eigenvalue weighted by atomic mass is 32.2. The number of benzene rings is 2. The molecule has 0 atom stereocenters. The van der Waals surface area contributed by atoms with Gasteiger partial charge in [-0.3, -0.25) is 0 Å². The van der Waals surface area contributed by atoms with Crippen LogP contribution in [0.1, 0.15) is 12.8 Å². The number of sulfone groups is 1. The molecule has 1 aliphatic heterocycles. The molecule has 0 saturated carbocycles. The Kier molecular flexibility index (Phi) is 5.62. The Labute approximate surface area is 176 Å². The van der Waals surface area contributed by atoms with Gasteiger partial charge in [0.2, 0.25) is 9.84 Å². The number of fused-ring (bicyclic) bond motifs is 1. The zero-order valence-electron chi connectivity index (χ0n) is 17.4. The van der Waals surface area contributed by atoms with Crippen LogP contribution in [0.15, 0.2) is 52.4 Å². The number of aromatic nitrogens is 1. The van der Waals surface area contributed by atoms with Crippen LogP contribution >= 0.6 is 0 Å². The Morgan fingerprint density at radius 2 is 1.83 bits per heavy atom. The van der Waals surface area contributed by atoms with Crippen molar-refractivity contribution in [3.8, 4) is 11.5 Å². The van der Waals surface area contributed by atoms with Crippen molar-refractivity contribution < 1.29 is 17.9 Å².